The maximum Gasteiger partial charge on any atom is 0.180 e. The number of nitrogens with two attached hydrogens (primary N) is 1. The lowest BCUT2D eigenvalue weighted by atomic mass is 10.3. The van der Waals surface area contributed by atoms with E-state index < -0.39 is 0 Å². The van der Waals surface area contributed by atoms with Crippen LogP contribution in [0.15, 0.2) is 18.3 Å². The van der Waals surface area contributed by atoms with Crippen LogP contribution in [0.25, 0.3) is 0 Å². The normalized spacial score (nSPS) is 16.6. The summed E-state index contributed by atoms with van der Waals surface area (Å²) in [6.07, 6.45) is 3.06. The summed E-state index contributed by atoms with van der Waals surface area (Å²) in [5.74, 6) is 0. The zero-order valence-electron chi connectivity index (χ0n) is 12.8. The van der Waals surface area contributed by atoms with Gasteiger partial charge in [0.1, 0.15) is 0 Å². The minimum Gasteiger partial charge on any atom is -0.375 e. The Morgan fingerprint density at radius 3 is 2.09 bits per heavy atom. The lowest BCUT2D eigenvalue weighted by Gasteiger charge is -2.34. The second-order valence-corrected chi connectivity index (χ2v) is 7.84. The van der Waals surface area contributed by atoms with Crippen molar-refractivity contribution in [1.29, 1.82) is 0 Å². The molecular weight excluding hydrogens is 336 g/mol. The molecule has 0 amide bonds. The van der Waals surface area contributed by atoms with Gasteiger partial charge in [-0.1, -0.05) is 6.92 Å². The number of anilines is 1. The molecule has 1 saturated heterocycles. The van der Waals surface area contributed by atoms with Crippen molar-refractivity contribution in [2.75, 3.05) is 31.9 Å². The number of piperazine rings is 1. The zero-order valence-corrected chi connectivity index (χ0v) is 15.3. The van der Waals surface area contributed by atoms with Gasteiger partial charge in [-0.25, -0.2) is 4.98 Å². The van der Waals surface area contributed by atoms with E-state index in [-0.39, 0.29) is 12.4 Å². The number of nitrogens with zero attached hydrogens (tertiary/aromatic N) is 3. The first-order valence-corrected chi connectivity index (χ1v) is 9.08. The Morgan fingerprint density at radius 2 is 1.59 bits per heavy atom. The Morgan fingerprint density at radius 1 is 1.00 bits per heavy atom. The minimum atomic E-state index is 0. The summed E-state index contributed by atoms with van der Waals surface area (Å²) in [6, 6.07) is 4.56. The fraction of sp³-hybridized carbons (Fsp3) is 0.533. The average molecular weight is 359 g/mol. The number of aromatic nitrogens is 1. The molecule has 22 heavy (non-hydrogen) atoms. The monoisotopic (exact) mass is 358 g/mol. The van der Waals surface area contributed by atoms with Crippen molar-refractivity contribution in [2.45, 2.75) is 26.4 Å². The molecule has 0 atom stereocenters. The summed E-state index contributed by atoms with van der Waals surface area (Å²) in [5.41, 5.74) is 5.69. The zero-order chi connectivity index (χ0) is 14.7. The molecule has 3 heterocycles. The third kappa shape index (κ3) is 4.67. The first-order chi connectivity index (χ1) is 10.2. The van der Waals surface area contributed by atoms with Crippen molar-refractivity contribution < 1.29 is 0 Å². The molecule has 4 nitrogen and oxygen atoms in total. The lowest BCUT2D eigenvalue weighted by Crippen LogP contribution is -2.45. The smallest absolute Gasteiger partial charge is 0.180 e. The van der Waals surface area contributed by atoms with E-state index in [9.17, 15) is 0 Å². The molecule has 0 bridgehead atoms. The van der Waals surface area contributed by atoms with Crippen molar-refractivity contribution in [3.8, 4) is 0 Å². The van der Waals surface area contributed by atoms with E-state index >= 15 is 0 Å². The van der Waals surface area contributed by atoms with Crippen LogP contribution in [-0.4, -0.2) is 41.0 Å². The van der Waals surface area contributed by atoms with Crippen LogP contribution in [0.3, 0.4) is 0 Å². The van der Waals surface area contributed by atoms with Gasteiger partial charge in [-0.15, -0.1) is 35.1 Å². The average Bonchev–Trinajstić information content (AvgIpc) is 3.10. The summed E-state index contributed by atoms with van der Waals surface area (Å²) in [6.45, 7) is 8.86. The number of rotatable bonds is 5. The molecule has 0 saturated carbocycles. The quantitative estimate of drug-likeness (QED) is 0.892. The predicted molar refractivity (Wildman–Crippen MR) is 98.0 cm³/mol. The largest absolute Gasteiger partial charge is 0.375 e. The van der Waals surface area contributed by atoms with Gasteiger partial charge in [0.15, 0.2) is 5.13 Å². The van der Waals surface area contributed by atoms with Gasteiger partial charge in [0.2, 0.25) is 0 Å². The van der Waals surface area contributed by atoms with E-state index in [1.165, 1.54) is 14.6 Å². The van der Waals surface area contributed by atoms with Crippen LogP contribution < -0.4 is 5.73 Å². The van der Waals surface area contributed by atoms with Gasteiger partial charge in [-0.2, -0.15) is 0 Å². The third-order valence-electron chi connectivity index (χ3n) is 3.86. The molecule has 122 valence electrons. The predicted octanol–water partition coefficient (Wildman–Crippen LogP) is 3.09. The van der Waals surface area contributed by atoms with E-state index in [2.05, 4.69) is 33.8 Å². The van der Waals surface area contributed by atoms with Crippen LogP contribution in [0, 0.1) is 0 Å². The van der Waals surface area contributed by atoms with E-state index in [1.807, 2.05) is 17.5 Å². The van der Waals surface area contributed by atoms with Crippen LogP contribution in [0.5, 0.6) is 0 Å². The fourth-order valence-electron chi connectivity index (χ4n) is 2.64. The highest BCUT2D eigenvalue weighted by molar-refractivity contribution is 7.15. The van der Waals surface area contributed by atoms with Crippen molar-refractivity contribution in [1.82, 2.24) is 14.8 Å². The lowest BCUT2D eigenvalue weighted by molar-refractivity contribution is 0.123. The van der Waals surface area contributed by atoms with E-state index in [1.54, 1.807) is 11.3 Å². The van der Waals surface area contributed by atoms with Crippen LogP contribution in [-0.2, 0) is 19.5 Å². The van der Waals surface area contributed by atoms with Crippen molar-refractivity contribution in [3.63, 3.8) is 0 Å². The molecule has 1 aliphatic heterocycles. The molecule has 0 aromatic carbocycles. The highest BCUT2D eigenvalue weighted by Crippen LogP contribution is 2.21. The molecule has 0 spiro atoms. The summed E-state index contributed by atoms with van der Waals surface area (Å²) in [4.78, 5) is 13.4. The second kappa shape index (κ2) is 8.26. The standard InChI is InChI=1S/C15H22N4S2.ClH/c1-2-12-3-4-13(20-12)10-18-5-7-19(8-6-18)11-14-9-17-15(16)21-14;/h3-4,9H,2,5-8,10-11H2,1H3,(H2,16,17);1H. The summed E-state index contributed by atoms with van der Waals surface area (Å²) in [5, 5.41) is 0.674. The Balaban J connectivity index is 0.00000176. The van der Waals surface area contributed by atoms with Crippen molar-refractivity contribution >= 4 is 40.2 Å². The molecule has 2 aromatic heterocycles. The van der Waals surface area contributed by atoms with Crippen LogP contribution in [0.2, 0.25) is 0 Å². The fourth-order valence-corrected chi connectivity index (χ4v) is 4.37. The topological polar surface area (TPSA) is 45.4 Å². The number of halogens is 1. The van der Waals surface area contributed by atoms with Gasteiger partial charge in [-0.05, 0) is 18.6 Å². The number of hydrogen-bond acceptors (Lipinski definition) is 6. The molecule has 2 N–H and O–H groups in total. The molecule has 3 rings (SSSR count). The second-order valence-electron chi connectivity index (χ2n) is 5.44. The number of hydrogen-bond donors (Lipinski definition) is 1. The molecule has 1 aliphatic rings. The molecule has 1 fully saturated rings. The third-order valence-corrected chi connectivity index (χ3v) is 5.89. The van der Waals surface area contributed by atoms with Gasteiger partial charge in [0.25, 0.3) is 0 Å². The molecule has 7 heteroatoms. The van der Waals surface area contributed by atoms with E-state index in [0.717, 1.165) is 45.7 Å². The van der Waals surface area contributed by atoms with Crippen molar-refractivity contribution in [3.05, 3.63) is 33.0 Å². The number of thiophene rings is 1. The minimum absolute atomic E-state index is 0. The van der Waals surface area contributed by atoms with Crippen LogP contribution in [0.4, 0.5) is 5.13 Å². The molecular formula is C15H23ClN4S2. The summed E-state index contributed by atoms with van der Waals surface area (Å²) in [7, 11) is 0. The van der Waals surface area contributed by atoms with E-state index in [4.69, 9.17) is 5.73 Å². The SMILES string of the molecule is CCc1ccc(CN2CCN(Cc3cnc(N)s3)CC2)s1.Cl. The highest BCUT2D eigenvalue weighted by atomic mass is 35.5. The van der Waals surface area contributed by atoms with Crippen molar-refractivity contribution in [2.24, 2.45) is 0 Å². The Kier molecular flexibility index (Phi) is 6.65. The summed E-state index contributed by atoms with van der Waals surface area (Å²) >= 11 is 3.56. The first-order valence-electron chi connectivity index (χ1n) is 7.45. The van der Waals surface area contributed by atoms with Gasteiger partial charge < -0.3 is 5.73 Å². The molecule has 0 radical (unpaired) electrons. The van der Waals surface area contributed by atoms with Crippen LogP contribution >= 0.6 is 35.1 Å². The molecule has 0 unspecified atom stereocenters. The maximum atomic E-state index is 5.69. The van der Waals surface area contributed by atoms with Crippen LogP contribution in [0.1, 0.15) is 21.6 Å². The van der Waals surface area contributed by atoms with E-state index in [0.29, 0.717) is 5.13 Å². The first kappa shape index (κ1) is 17.7. The number of nitrogen functional groups attached to an aromatic ring is 1. The number of thiazole rings is 1. The molecule has 2 aromatic rings. The Bertz CT molecular complexity index is 576. The van der Waals surface area contributed by atoms with Gasteiger partial charge in [0.05, 0.1) is 0 Å². The Hall–Kier alpha value is -0.660. The highest BCUT2D eigenvalue weighted by Gasteiger charge is 2.18. The van der Waals surface area contributed by atoms with Gasteiger partial charge in [-0.3, -0.25) is 9.80 Å². The van der Waals surface area contributed by atoms with Gasteiger partial charge in [0, 0.05) is 60.1 Å². The molecule has 0 aliphatic carbocycles. The van der Waals surface area contributed by atoms with Gasteiger partial charge >= 0.3 is 0 Å². The number of aryl methyl sites for hydroxylation is 1. The Labute approximate surface area is 146 Å². The summed E-state index contributed by atoms with van der Waals surface area (Å²) < 4.78 is 0. The maximum absolute atomic E-state index is 5.69.